The van der Waals surface area contributed by atoms with Crippen molar-refractivity contribution in [2.75, 3.05) is 11.9 Å². The first kappa shape index (κ1) is 13.3. The van der Waals surface area contributed by atoms with E-state index in [1.54, 1.807) is 22.7 Å². The summed E-state index contributed by atoms with van der Waals surface area (Å²) in [5, 5.41) is 5.37. The van der Waals surface area contributed by atoms with Crippen LogP contribution in [0.5, 0.6) is 5.75 Å². The molecule has 0 amide bonds. The summed E-state index contributed by atoms with van der Waals surface area (Å²) in [6.07, 6.45) is 1.91. The molecule has 0 aliphatic carbocycles. The molecule has 0 aliphatic heterocycles. The summed E-state index contributed by atoms with van der Waals surface area (Å²) in [6, 6.07) is 6.00. The summed E-state index contributed by atoms with van der Waals surface area (Å²) in [4.78, 5) is 10.0. The maximum atomic E-state index is 5.51. The van der Waals surface area contributed by atoms with Crippen LogP contribution < -0.4 is 10.1 Å². The van der Waals surface area contributed by atoms with Crippen LogP contribution in [0.3, 0.4) is 0 Å². The zero-order valence-corrected chi connectivity index (χ0v) is 13.0. The standard InChI is InChI=1S/C14H15N3OS2/c1-3-18-10-4-5-12-13(6-10)20-14(17-12)16-8-11-7-15-9(2)19-11/h4-7H,3,8H2,1-2H3,(H,16,17). The van der Waals surface area contributed by atoms with Gasteiger partial charge >= 0.3 is 0 Å². The van der Waals surface area contributed by atoms with E-state index in [0.29, 0.717) is 6.61 Å². The van der Waals surface area contributed by atoms with Crippen LogP contribution in [0, 0.1) is 6.92 Å². The number of anilines is 1. The Balaban J connectivity index is 1.75. The van der Waals surface area contributed by atoms with Crippen molar-refractivity contribution >= 4 is 38.0 Å². The number of thiazole rings is 2. The molecular formula is C14H15N3OS2. The zero-order valence-electron chi connectivity index (χ0n) is 11.3. The van der Waals surface area contributed by atoms with Gasteiger partial charge in [-0.15, -0.1) is 11.3 Å². The Kier molecular flexibility index (Phi) is 3.84. The minimum atomic E-state index is 0.681. The van der Waals surface area contributed by atoms with Gasteiger partial charge in [-0.05, 0) is 32.0 Å². The lowest BCUT2D eigenvalue weighted by Gasteiger charge is -2.00. The third-order valence-corrected chi connectivity index (χ3v) is 4.64. The molecule has 1 aromatic carbocycles. The summed E-state index contributed by atoms with van der Waals surface area (Å²) >= 11 is 3.35. The molecule has 20 heavy (non-hydrogen) atoms. The highest BCUT2D eigenvalue weighted by atomic mass is 32.1. The lowest BCUT2D eigenvalue weighted by Crippen LogP contribution is -1.96. The van der Waals surface area contributed by atoms with Gasteiger partial charge < -0.3 is 10.1 Å². The quantitative estimate of drug-likeness (QED) is 0.772. The van der Waals surface area contributed by atoms with Gasteiger partial charge in [0.25, 0.3) is 0 Å². The smallest absolute Gasteiger partial charge is 0.184 e. The van der Waals surface area contributed by atoms with E-state index >= 15 is 0 Å². The predicted molar refractivity (Wildman–Crippen MR) is 85.0 cm³/mol. The highest BCUT2D eigenvalue weighted by Gasteiger charge is 2.06. The Morgan fingerprint density at radius 2 is 2.20 bits per heavy atom. The van der Waals surface area contributed by atoms with Gasteiger partial charge in [0.05, 0.1) is 28.4 Å². The monoisotopic (exact) mass is 305 g/mol. The Morgan fingerprint density at radius 3 is 2.95 bits per heavy atom. The maximum Gasteiger partial charge on any atom is 0.184 e. The molecule has 1 N–H and O–H groups in total. The van der Waals surface area contributed by atoms with E-state index in [2.05, 4.69) is 15.3 Å². The maximum absolute atomic E-state index is 5.51. The van der Waals surface area contributed by atoms with E-state index in [9.17, 15) is 0 Å². The third-order valence-electron chi connectivity index (χ3n) is 2.75. The van der Waals surface area contributed by atoms with E-state index in [1.165, 1.54) is 4.88 Å². The fourth-order valence-corrected chi connectivity index (χ4v) is 3.51. The fraction of sp³-hybridized carbons (Fsp3) is 0.286. The number of nitrogens with one attached hydrogen (secondary N) is 1. The average Bonchev–Trinajstić information content (AvgIpc) is 3.02. The van der Waals surface area contributed by atoms with Gasteiger partial charge in [0.15, 0.2) is 5.13 Å². The first-order valence-corrected chi connectivity index (χ1v) is 8.06. The van der Waals surface area contributed by atoms with E-state index in [0.717, 1.165) is 32.7 Å². The molecule has 0 radical (unpaired) electrons. The zero-order chi connectivity index (χ0) is 13.9. The summed E-state index contributed by atoms with van der Waals surface area (Å²) in [5.41, 5.74) is 1.00. The van der Waals surface area contributed by atoms with Gasteiger partial charge in [-0.1, -0.05) is 11.3 Å². The molecule has 2 heterocycles. The highest BCUT2D eigenvalue weighted by Crippen LogP contribution is 2.29. The van der Waals surface area contributed by atoms with Gasteiger partial charge in [-0.2, -0.15) is 0 Å². The molecule has 6 heteroatoms. The first-order valence-electron chi connectivity index (χ1n) is 6.43. The Morgan fingerprint density at radius 1 is 1.30 bits per heavy atom. The van der Waals surface area contributed by atoms with Gasteiger partial charge in [-0.25, -0.2) is 9.97 Å². The Labute approximate surface area is 125 Å². The number of benzene rings is 1. The van der Waals surface area contributed by atoms with Gasteiger partial charge in [0.2, 0.25) is 0 Å². The number of nitrogens with zero attached hydrogens (tertiary/aromatic N) is 2. The molecule has 3 rings (SSSR count). The second-order valence-corrected chi connectivity index (χ2v) is 6.63. The molecule has 4 nitrogen and oxygen atoms in total. The SMILES string of the molecule is CCOc1ccc2nc(NCc3cnc(C)s3)sc2c1. The summed E-state index contributed by atoms with van der Waals surface area (Å²) < 4.78 is 6.65. The van der Waals surface area contributed by atoms with Gasteiger partial charge in [0, 0.05) is 11.1 Å². The summed E-state index contributed by atoms with van der Waals surface area (Å²) in [6.45, 7) is 5.45. The first-order chi connectivity index (χ1) is 9.74. The van der Waals surface area contributed by atoms with Crippen molar-refractivity contribution in [2.45, 2.75) is 20.4 Å². The molecule has 0 saturated carbocycles. The van der Waals surface area contributed by atoms with Gasteiger partial charge in [-0.3, -0.25) is 0 Å². The van der Waals surface area contributed by atoms with E-state index in [-0.39, 0.29) is 0 Å². The summed E-state index contributed by atoms with van der Waals surface area (Å²) in [7, 11) is 0. The molecular weight excluding hydrogens is 290 g/mol. The van der Waals surface area contributed by atoms with Crippen LogP contribution in [0.15, 0.2) is 24.4 Å². The molecule has 104 valence electrons. The topological polar surface area (TPSA) is 47.0 Å². The van der Waals surface area contributed by atoms with Crippen molar-refractivity contribution in [1.29, 1.82) is 0 Å². The van der Waals surface area contributed by atoms with Crippen LogP contribution in [0.1, 0.15) is 16.8 Å². The van der Waals surface area contributed by atoms with Crippen LogP contribution in [0.2, 0.25) is 0 Å². The van der Waals surface area contributed by atoms with Crippen LogP contribution in [-0.2, 0) is 6.54 Å². The van der Waals surface area contributed by atoms with Crippen molar-refractivity contribution < 1.29 is 4.74 Å². The van der Waals surface area contributed by atoms with Crippen LogP contribution in [0.4, 0.5) is 5.13 Å². The second-order valence-electron chi connectivity index (χ2n) is 4.28. The van der Waals surface area contributed by atoms with E-state index < -0.39 is 0 Å². The number of hydrogen-bond acceptors (Lipinski definition) is 6. The van der Waals surface area contributed by atoms with Gasteiger partial charge in [0.1, 0.15) is 5.75 Å². The molecule has 2 aromatic heterocycles. The normalized spacial score (nSPS) is 10.9. The molecule has 0 saturated heterocycles. The number of hydrogen-bond donors (Lipinski definition) is 1. The number of rotatable bonds is 5. The van der Waals surface area contributed by atoms with Crippen molar-refractivity contribution in [1.82, 2.24) is 9.97 Å². The molecule has 0 aliphatic rings. The minimum Gasteiger partial charge on any atom is -0.494 e. The van der Waals surface area contributed by atoms with Crippen LogP contribution in [0.25, 0.3) is 10.2 Å². The van der Waals surface area contributed by atoms with Crippen molar-refractivity contribution in [3.8, 4) is 5.75 Å². The molecule has 0 bridgehead atoms. The lowest BCUT2D eigenvalue weighted by molar-refractivity contribution is 0.341. The van der Waals surface area contributed by atoms with Crippen molar-refractivity contribution in [3.63, 3.8) is 0 Å². The third kappa shape index (κ3) is 2.91. The molecule has 0 spiro atoms. The van der Waals surface area contributed by atoms with Crippen LogP contribution in [-0.4, -0.2) is 16.6 Å². The van der Waals surface area contributed by atoms with Crippen LogP contribution >= 0.6 is 22.7 Å². The minimum absolute atomic E-state index is 0.681. The largest absolute Gasteiger partial charge is 0.494 e. The van der Waals surface area contributed by atoms with Crippen molar-refractivity contribution in [3.05, 3.63) is 34.3 Å². The molecule has 0 unspecified atom stereocenters. The van der Waals surface area contributed by atoms with E-state index in [1.807, 2.05) is 38.2 Å². The number of ether oxygens (including phenoxy) is 1. The lowest BCUT2D eigenvalue weighted by atomic mass is 10.3. The number of aryl methyl sites for hydroxylation is 1. The number of fused-ring (bicyclic) bond motifs is 1. The highest BCUT2D eigenvalue weighted by molar-refractivity contribution is 7.22. The Hall–Kier alpha value is -1.66. The summed E-state index contributed by atoms with van der Waals surface area (Å²) in [5.74, 6) is 0.897. The Bertz CT molecular complexity index is 720. The fourth-order valence-electron chi connectivity index (χ4n) is 1.89. The van der Waals surface area contributed by atoms with E-state index in [4.69, 9.17) is 4.74 Å². The average molecular weight is 305 g/mol. The van der Waals surface area contributed by atoms with Crippen molar-refractivity contribution in [2.24, 2.45) is 0 Å². The predicted octanol–water partition coefficient (Wildman–Crippen LogP) is 4.07. The second kappa shape index (κ2) is 5.76. The molecule has 0 fully saturated rings. The molecule has 3 aromatic rings. The molecule has 0 atom stereocenters. The number of aromatic nitrogens is 2.